The number of rotatable bonds is 6. The second kappa shape index (κ2) is 10.3. The normalized spacial score (nSPS) is 18.4. The zero-order valence-corrected chi connectivity index (χ0v) is 23.0. The molecular formula is C28H28ClFN6O3. The smallest absolute Gasteiger partial charge is 0.246 e. The van der Waals surface area contributed by atoms with Crippen LogP contribution in [0, 0.1) is 12.7 Å². The molecule has 0 saturated carbocycles. The number of halogens is 2. The molecule has 1 aliphatic rings. The molecule has 2 amide bonds. The van der Waals surface area contributed by atoms with E-state index in [0.29, 0.717) is 28.2 Å². The number of hydrogen-bond donors (Lipinski definition) is 1. The number of nitrogens with one attached hydrogen (secondary N) is 1. The minimum Gasteiger partial charge on any atom is -0.487 e. The summed E-state index contributed by atoms with van der Waals surface area (Å²) in [7, 11) is 1.82. The van der Waals surface area contributed by atoms with Gasteiger partial charge in [-0.3, -0.25) is 9.59 Å². The van der Waals surface area contributed by atoms with Crippen molar-refractivity contribution < 1.29 is 18.7 Å². The number of hydrogen-bond acceptors (Lipinski definition) is 6. The van der Waals surface area contributed by atoms with E-state index in [4.69, 9.17) is 21.3 Å². The highest BCUT2D eigenvalue weighted by atomic mass is 35.5. The molecule has 39 heavy (non-hydrogen) atoms. The number of para-hydroxylation sites is 1. The molecule has 1 aliphatic heterocycles. The van der Waals surface area contributed by atoms with Gasteiger partial charge in [-0.15, -0.1) is 0 Å². The van der Waals surface area contributed by atoms with Crippen LogP contribution in [-0.4, -0.2) is 48.5 Å². The number of benzene rings is 2. The third-order valence-corrected chi connectivity index (χ3v) is 7.43. The van der Waals surface area contributed by atoms with Gasteiger partial charge < -0.3 is 15.0 Å². The fourth-order valence-corrected chi connectivity index (χ4v) is 5.37. The molecule has 3 atom stereocenters. The predicted octanol–water partition coefficient (Wildman–Crippen LogP) is 4.51. The van der Waals surface area contributed by atoms with Crippen molar-refractivity contribution in [1.29, 1.82) is 0 Å². The van der Waals surface area contributed by atoms with E-state index in [0.717, 1.165) is 16.6 Å². The molecule has 0 unspecified atom stereocenters. The van der Waals surface area contributed by atoms with Crippen LogP contribution in [0.15, 0.2) is 42.7 Å². The molecule has 0 spiro atoms. The van der Waals surface area contributed by atoms with Crippen LogP contribution in [0.25, 0.3) is 22.3 Å². The first-order valence-corrected chi connectivity index (χ1v) is 12.9. The number of aromatic nitrogens is 4. The number of carbonyl (C=O) groups excluding carboxylic acids is 2. The average molecular weight is 551 g/mol. The summed E-state index contributed by atoms with van der Waals surface area (Å²) in [5, 5.41) is 7.85. The van der Waals surface area contributed by atoms with Crippen molar-refractivity contribution in [3.05, 3.63) is 70.4 Å². The summed E-state index contributed by atoms with van der Waals surface area (Å²) in [5.41, 5.74) is 3.25. The number of ether oxygens (including phenoxy) is 1. The Labute approximate surface area is 229 Å². The van der Waals surface area contributed by atoms with Crippen molar-refractivity contribution in [3.63, 3.8) is 0 Å². The van der Waals surface area contributed by atoms with Crippen LogP contribution < -0.4 is 10.1 Å². The summed E-state index contributed by atoms with van der Waals surface area (Å²) >= 11 is 6.53. The largest absolute Gasteiger partial charge is 0.487 e. The molecule has 11 heteroatoms. The summed E-state index contributed by atoms with van der Waals surface area (Å²) in [5.74, 6) is 0.126. The van der Waals surface area contributed by atoms with E-state index in [2.05, 4.69) is 15.4 Å². The van der Waals surface area contributed by atoms with Gasteiger partial charge in [-0.1, -0.05) is 23.7 Å². The van der Waals surface area contributed by atoms with E-state index in [1.165, 1.54) is 23.4 Å². The van der Waals surface area contributed by atoms with Gasteiger partial charge in [0.15, 0.2) is 5.82 Å². The first-order valence-electron chi connectivity index (χ1n) is 12.5. The van der Waals surface area contributed by atoms with E-state index in [-0.39, 0.29) is 23.4 Å². The van der Waals surface area contributed by atoms with E-state index >= 15 is 0 Å². The first kappa shape index (κ1) is 26.6. The van der Waals surface area contributed by atoms with Crippen LogP contribution in [0.5, 0.6) is 5.75 Å². The Morgan fingerprint density at radius 1 is 1.21 bits per heavy atom. The Morgan fingerprint density at radius 3 is 2.69 bits per heavy atom. The van der Waals surface area contributed by atoms with E-state index in [1.807, 2.05) is 32.2 Å². The average Bonchev–Trinajstić information content (AvgIpc) is 3.31. The number of piperazine rings is 1. The minimum absolute atomic E-state index is 0.00895. The van der Waals surface area contributed by atoms with Crippen molar-refractivity contribution in [1.82, 2.24) is 30.0 Å². The highest BCUT2D eigenvalue weighted by Crippen LogP contribution is 2.36. The number of fused-ring (bicyclic) bond motifs is 1. The Morgan fingerprint density at radius 2 is 1.97 bits per heavy atom. The topological polar surface area (TPSA) is 102 Å². The fourth-order valence-electron chi connectivity index (χ4n) is 5.10. The molecular weight excluding hydrogens is 523 g/mol. The van der Waals surface area contributed by atoms with Gasteiger partial charge in [-0.2, -0.15) is 5.10 Å². The minimum atomic E-state index is -0.733. The summed E-state index contributed by atoms with van der Waals surface area (Å²) in [6.45, 7) is 6.90. The van der Waals surface area contributed by atoms with Crippen LogP contribution >= 0.6 is 11.6 Å². The maximum atomic E-state index is 14.6. The number of aryl methyl sites for hydroxylation is 2. The third kappa shape index (κ3) is 4.80. The predicted molar refractivity (Wildman–Crippen MR) is 145 cm³/mol. The number of amides is 2. The number of carbonyl (C=O) groups is 2. The molecule has 9 nitrogen and oxygen atoms in total. The molecule has 0 aliphatic carbocycles. The SMILES string of the molecule is Cc1cc(-c2ncnn2C)c2cccc(OCc3c(Cl)cc(F)cc3[C@H](C)N3C(=O)[C@H](C)NC(=O)[C@H]3C)c2n1. The molecule has 1 fully saturated rings. The van der Waals surface area contributed by atoms with Crippen molar-refractivity contribution in [2.45, 2.75) is 52.4 Å². The second-order valence-electron chi connectivity index (χ2n) is 9.74. The lowest BCUT2D eigenvalue weighted by molar-refractivity contribution is -0.150. The zero-order valence-electron chi connectivity index (χ0n) is 22.2. The molecule has 1 saturated heterocycles. The molecule has 0 bridgehead atoms. The molecule has 3 heterocycles. The van der Waals surface area contributed by atoms with E-state index in [1.54, 1.807) is 31.5 Å². The zero-order chi connectivity index (χ0) is 28.0. The molecule has 2 aromatic heterocycles. The molecule has 202 valence electrons. The molecule has 2 aromatic carbocycles. The Kier molecular flexibility index (Phi) is 6.98. The van der Waals surface area contributed by atoms with Crippen LogP contribution in [-0.2, 0) is 23.2 Å². The monoisotopic (exact) mass is 550 g/mol. The maximum absolute atomic E-state index is 14.6. The van der Waals surface area contributed by atoms with Crippen molar-refractivity contribution in [2.24, 2.45) is 7.05 Å². The first-order chi connectivity index (χ1) is 18.6. The van der Waals surface area contributed by atoms with E-state index in [9.17, 15) is 14.0 Å². The van der Waals surface area contributed by atoms with Gasteiger partial charge in [0.2, 0.25) is 11.8 Å². The van der Waals surface area contributed by atoms with Crippen molar-refractivity contribution >= 4 is 34.3 Å². The number of nitrogens with zero attached hydrogens (tertiary/aromatic N) is 5. The molecule has 0 radical (unpaired) electrons. The van der Waals surface area contributed by atoms with Crippen LogP contribution in [0.2, 0.25) is 5.02 Å². The van der Waals surface area contributed by atoms with Crippen molar-refractivity contribution in [2.75, 3.05) is 0 Å². The lowest BCUT2D eigenvalue weighted by Crippen LogP contribution is -2.61. The van der Waals surface area contributed by atoms with Crippen LogP contribution in [0.1, 0.15) is 43.6 Å². The van der Waals surface area contributed by atoms with Crippen LogP contribution in [0.4, 0.5) is 4.39 Å². The maximum Gasteiger partial charge on any atom is 0.246 e. The van der Waals surface area contributed by atoms with Gasteiger partial charge in [-0.25, -0.2) is 19.0 Å². The van der Waals surface area contributed by atoms with Gasteiger partial charge in [0, 0.05) is 29.3 Å². The number of pyridine rings is 1. The lowest BCUT2D eigenvalue weighted by Gasteiger charge is -2.40. The third-order valence-electron chi connectivity index (χ3n) is 7.10. The van der Waals surface area contributed by atoms with Gasteiger partial charge in [0.05, 0.1) is 11.1 Å². The van der Waals surface area contributed by atoms with Gasteiger partial charge in [0.1, 0.15) is 42.1 Å². The fraction of sp³-hybridized carbons (Fsp3) is 0.321. The van der Waals surface area contributed by atoms with Gasteiger partial charge in [0.25, 0.3) is 0 Å². The summed E-state index contributed by atoms with van der Waals surface area (Å²) < 4.78 is 22.5. The summed E-state index contributed by atoms with van der Waals surface area (Å²) in [6.07, 6.45) is 1.49. The standard InChI is InChI=1S/C28H28ClFN6O3/c1-14-9-21(26-31-13-32-35(26)5)19-7-6-8-24(25(19)33-14)39-12-22-20(10-18(30)11-23(22)29)16(3)36-17(4)27(37)34-15(2)28(36)38/h6-11,13,15-17H,12H2,1-5H3,(H,34,37)/t15-,16-,17+/m0/s1. The van der Waals surface area contributed by atoms with E-state index < -0.39 is 23.9 Å². The van der Waals surface area contributed by atoms with Crippen molar-refractivity contribution in [3.8, 4) is 17.1 Å². The molecule has 1 N–H and O–H groups in total. The Hall–Kier alpha value is -4.05. The van der Waals surface area contributed by atoms with Gasteiger partial charge in [-0.05, 0) is 57.5 Å². The summed E-state index contributed by atoms with van der Waals surface area (Å²) in [4.78, 5) is 36.1. The highest BCUT2D eigenvalue weighted by molar-refractivity contribution is 6.31. The molecule has 4 aromatic rings. The summed E-state index contributed by atoms with van der Waals surface area (Å²) in [6, 6.07) is 8.04. The second-order valence-corrected chi connectivity index (χ2v) is 10.1. The quantitative estimate of drug-likeness (QED) is 0.379. The Balaban J connectivity index is 1.53. The lowest BCUT2D eigenvalue weighted by atomic mass is 9.96. The highest BCUT2D eigenvalue weighted by Gasteiger charge is 2.39. The Bertz CT molecular complexity index is 1610. The van der Waals surface area contributed by atoms with Gasteiger partial charge >= 0.3 is 0 Å². The van der Waals surface area contributed by atoms with Crippen LogP contribution in [0.3, 0.4) is 0 Å². The molecule has 5 rings (SSSR count).